The monoisotopic (exact) mass is 350 g/mol. The summed E-state index contributed by atoms with van der Waals surface area (Å²) in [5.41, 5.74) is -2.24. The van der Waals surface area contributed by atoms with Crippen LogP contribution in [-0.4, -0.2) is 31.2 Å². The van der Waals surface area contributed by atoms with Gasteiger partial charge in [0.05, 0.1) is 5.02 Å². The maximum absolute atomic E-state index is 11.9. The molecule has 0 fully saturated rings. The number of nitrogens with zero attached hydrogens (tertiary/aromatic N) is 1. The number of hydrogen-bond acceptors (Lipinski definition) is 6. The van der Waals surface area contributed by atoms with E-state index in [4.69, 9.17) is 17.4 Å². The van der Waals surface area contributed by atoms with E-state index in [0.717, 1.165) is 12.3 Å². The smallest absolute Gasteiger partial charge is 0.307 e. The predicted octanol–water partition coefficient (Wildman–Crippen LogP) is 1.55. The molecule has 1 aromatic rings. The Bertz CT molecular complexity index is 567. The number of nitrogens with one attached hydrogen (secondary N) is 2. The van der Waals surface area contributed by atoms with E-state index < -0.39 is 21.3 Å². The Labute approximate surface area is 122 Å². The molecule has 0 aromatic carbocycles. The number of anilines is 1. The zero-order valence-corrected chi connectivity index (χ0v) is 12.1. The highest BCUT2D eigenvalue weighted by atomic mass is 35.5. The van der Waals surface area contributed by atoms with E-state index in [2.05, 4.69) is 10.4 Å². The highest BCUT2D eigenvalue weighted by molar-refractivity contribution is 8.00. The zero-order chi connectivity index (χ0) is 15.4. The summed E-state index contributed by atoms with van der Waals surface area (Å²) in [4.78, 5) is 3.39. The summed E-state index contributed by atoms with van der Waals surface area (Å²) in [6.07, 6.45) is 0.986. The van der Waals surface area contributed by atoms with Crippen LogP contribution in [-0.2, 0) is 10.0 Å². The number of sulfonamides is 1. The van der Waals surface area contributed by atoms with E-state index in [1.54, 1.807) is 0 Å². The molecule has 4 N–H and O–H groups in total. The second-order valence-corrected chi connectivity index (χ2v) is 6.67. The van der Waals surface area contributed by atoms with Crippen molar-refractivity contribution in [1.29, 1.82) is 0 Å². The van der Waals surface area contributed by atoms with Gasteiger partial charge in [-0.2, -0.15) is 13.2 Å². The van der Waals surface area contributed by atoms with Crippen molar-refractivity contribution in [1.82, 2.24) is 9.71 Å². The van der Waals surface area contributed by atoms with Crippen molar-refractivity contribution >= 4 is 39.2 Å². The molecule has 20 heavy (non-hydrogen) atoms. The topological polar surface area (TPSA) is 97.1 Å². The SMILES string of the molecule is NNc1ncc(S(=O)(=O)NCCSC(F)(F)F)cc1Cl. The quantitative estimate of drug-likeness (QED) is 0.409. The van der Waals surface area contributed by atoms with Crippen molar-refractivity contribution in [3.63, 3.8) is 0 Å². The Kier molecular flexibility index (Phi) is 5.89. The minimum atomic E-state index is -4.40. The number of pyridine rings is 1. The van der Waals surface area contributed by atoms with Crippen LogP contribution in [0.15, 0.2) is 17.2 Å². The second-order valence-electron chi connectivity index (χ2n) is 3.34. The summed E-state index contributed by atoms with van der Waals surface area (Å²) in [6.45, 7) is -0.374. The van der Waals surface area contributed by atoms with Gasteiger partial charge >= 0.3 is 5.51 Å². The maximum atomic E-state index is 11.9. The molecule has 0 atom stereocenters. The predicted molar refractivity (Wildman–Crippen MR) is 70.8 cm³/mol. The van der Waals surface area contributed by atoms with Gasteiger partial charge in [0.1, 0.15) is 4.90 Å². The van der Waals surface area contributed by atoms with Gasteiger partial charge in [-0.25, -0.2) is 24.0 Å². The zero-order valence-electron chi connectivity index (χ0n) is 9.74. The minimum Gasteiger partial charge on any atom is -0.307 e. The molecular formula is C8H10ClF3N4O2S2. The van der Waals surface area contributed by atoms with E-state index >= 15 is 0 Å². The largest absolute Gasteiger partial charge is 0.441 e. The fourth-order valence-corrected chi connectivity index (χ4v) is 2.95. The van der Waals surface area contributed by atoms with Gasteiger partial charge in [-0.05, 0) is 17.8 Å². The van der Waals surface area contributed by atoms with Crippen LogP contribution in [0.1, 0.15) is 0 Å². The molecule has 1 aromatic heterocycles. The third kappa shape index (κ3) is 5.32. The molecule has 1 rings (SSSR count). The van der Waals surface area contributed by atoms with Gasteiger partial charge in [0.15, 0.2) is 5.82 Å². The third-order valence-corrected chi connectivity index (χ3v) is 4.37. The molecule has 0 unspecified atom stereocenters. The molecule has 0 spiro atoms. The lowest BCUT2D eigenvalue weighted by atomic mass is 10.5. The van der Waals surface area contributed by atoms with Crippen molar-refractivity contribution < 1.29 is 21.6 Å². The number of thioether (sulfide) groups is 1. The van der Waals surface area contributed by atoms with Gasteiger partial charge in [-0.15, -0.1) is 0 Å². The van der Waals surface area contributed by atoms with Gasteiger partial charge in [0.25, 0.3) is 0 Å². The number of hydrazine groups is 1. The molecule has 0 amide bonds. The first-order valence-electron chi connectivity index (χ1n) is 4.98. The Balaban J connectivity index is 2.67. The highest BCUT2D eigenvalue weighted by Crippen LogP contribution is 2.29. The highest BCUT2D eigenvalue weighted by Gasteiger charge is 2.27. The first-order valence-corrected chi connectivity index (χ1v) is 7.83. The van der Waals surface area contributed by atoms with E-state index in [9.17, 15) is 21.6 Å². The average molecular weight is 351 g/mol. The van der Waals surface area contributed by atoms with Crippen LogP contribution < -0.4 is 16.0 Å². The van der Waals surface area contributed by atoms with Crippen molar-refractivity contribution in [3.05, 3.63) is 17.3 Å². The molecule has 0 saturated carbocycles. The van der Waals surface area contributed by atoms with Crippen LogP contribution in [0.3, 0.4) is 0 Å². The molecule has 0 radical (unpaired) electrons. The van der Waals surface area contributed by atoms with Gasteiger partial charge in [-0.3, -0.25) is 0 Å². The van der Waals surface area contributed by atoms with Crippen molar-refractivity contribution in [2.24, 2.45) is 5.84 Å². The van der Waals surface area contributed by atoms with Crippen molar-refractivity contribution in [2.45, 2.75) is 10.4 Å². The van der Waals surface area contributed by atoms with E-state index in [0.29, 0.717) is 0 Å². The first kappa shape index (κ1) is 17.3. The van der Waals surface area contributed by atoms with Gasteiger partial charge in [0.2, 0.25) is 10.0 Å². The molecule has 0 aliphatic heterocycles. The van der Waals surface area contributed by atoms with Crippen LogP contribution in [0.5, 0.6) is 0 Å². The maximum Gasteiger partial charge on any atom is 0.441 e. The van der Waals surface area contributed by atoms with Crippen LogP contribution in [0.25, 0.3) is 0 Å². The fraction of sp³-hybridized carbons (Fsp3) is 0.375. The Morgan fingerprint density at radius 2 is 2.10 bits per heavy atom. The molecule has 6 nitrogen and oxygen atoms in total. The lowest BCUT2D eigenvalue weighted by Crippen LogP contribution is -2.27. The van der Waals surface area contributed by atoms with E-state index in [1.165, 1.54) is 0 Å². The normalized spacial score (nSPS) is 12.4. The molecule has 12 heteroatoms. The number of nitrogens with two attached hydrogens (primary N) is 1. The van der Waals surface area contributed by atoms with Crippen molar-refractivity contribution in [3.8, 4) is 0 Å². The summed E-state index contributed by atoms with van der Waals surface area (Å²) in [7, 11) is -3.97. The number of aromatic nitrogens is 1. The molecule has 0 bridgehead atoms. The number of halogens is 4. The van der Waals surface area contributed by atoms with Gasteiger partial charge in [-0.1, -0.05) is 11.6 Å². The summed E-state index contributed by atoms with van der Waals surface area (Å²) in [5.74, 6) is 4.72. The standard InChI is InChI=1S/C8H10ClF3N4O2S2/c9-6-3-5(4-14-7(6)16-13)20(17,18)15-1-2-19-8(10,11)12/h3-4,15H,1-2,13H2,(H,14,16). The van der Waals surface area contributed by atoms with Gasteiger partial charge < -0.3 is 5.43 Å². The van der Waals surface area contributed by atoms with E-state index in [1.807, 2.05) is 4.72 Å². The van der Waals surface area contributed by atoms with Gasteiger partial charge in [0, 0.05) is 18.5 Å². The number of alkyl halides is 3. The average Bonchev–Trinajstić information content (AvgIpc) is 2.33. The fourth-order valence-electron chi connectivity index (χ4n) is 1.10. The Morgan fingerprint density at radius 1 is 1.45 bits per heavy atom. The molecule has 114 valence electrons. The summed E-state index contributed by atoms with van der Waals surface area (Å²) in [5, 5.41) is -0.0277. The molecule has 0 saturated heterocycles. The number of hydrogen-bond donors (Lipinski definition) is 3. The number of nitrogen functional groups attached to an aromatic ring is 1. The molecule has 0 aliphatic carbocycles. The summed E-state index contributed by atoms with van der Waals surface area (Å²) >= 11 is 5.39. The van der Waals surface area contributed by atoms with Crippen LogP contribution in [0.4, 0.5) is 19.0 Å². The van der Waals surface area contributed by atoms with Crippen LogP contribution in [0.2, 0.25) is 5.02 Å². The molecular weight excluding hydrogens is 341 g/mol. The Hall–Kier alpha value is -0.750. The minimum absolute atomic E-state index is 0.0277. The Morgan fingerprint density at radius 3 is 2.60 bits per heavy atom. The summed E-state index contributed by atoms with van der Waals surface area (Å²) < 4.78 is 61.1. The molecule has 1 heterocycles. The number of rotatable bonds is 6. The van der Waals surface area contributed by atoms with Crippen molar-refractivity contribution in [2.75, 3.05) is 17.7 Å². The summed E-state index contributed by atoms with van der Waals surface area (Å²) in [6, 6.07) is 1.09. The van der Waals surface area contributed by atoms with E-state index in [-0.39, 0.29) is 34.0 Å². The van der Waals surface area contributed by atoms with Crippen LogP contribution >= 0.6 is 23.4 Å². The molecule has 0 aliphatic rings. The second kappa shape index (κ2) is 6.80. The first-order chi connectivity index (χ1) is 9.15. The lowest BCUT2D eigenvalue weighted by Gasteiger charge is -2.09. The lowest BCUT2D eigenvalue weighted by molar-refractivity contribution is -0.0327. The third-order valence-electron chi connectivity index (χ3n) is 1.92. The van der Waals surface area contributed by atoms with Crippen LogP contribution in [0, 0.1) is 0 Å².